The molecule has 0 atom stereocenters. The van der Waals surface area contributed by atoms with Gasteiger partial charge < -0.3 is 15.7 Å². The van der Waals surface area contributed by atoms with Crippen molar-refractivity contribution in [1.29, 1.82) is 0 Å². The van der Waals surface area contributed by atoms with Crippen molar-refractivity contribution < 1.29 is 9.90 Å². The van der Waals surface area contributed by atoms with Crippen LogP contribution in [0.2, 0.25) is 0 Å². The van der Waals surface area contributed by atoms with Crippen LogP contribution in [0, 0.1) is 0 Å². The lowest BCUT2D eigenvalue weighted by atomic mass is 9.91. The number of nitrogens with two attached hydrogens (primary N) is 1. The molecular weight excluding hydrogens is 284 g/mol. The Kier molecular flexibility index (Phi) is 4.12. The van der Waals surface area contributed by atoms with Crippen LogP contribution >= 0.6 is 11.3 Å². The molecule has 5 heteroatoms. The van der Waals surface area contributed by atoms with Crippen LogP contribution in [-0.4, -0.2) is 35.1 Å². The number of fused-ring (bicyclic) bond motifs is 1. The Morgan fingerprint density at radius 3 is 2.86 bits per heavy atom. The van der Waals surface area contributed by atoms with Crippen LogP contribution < -0.4 is 5.73 Å². The minimum Gasteiger partial charge on any atom is -0.399 e. The standard InChI is InChI=1S/C16H20N2O2S/c17-12-5-6-14-11(9-12)10-15(21-14)16(20)18(7-2-8-19)13-3-1-4-13/h5-6,9-10,13,19H,1-4,7-8,17H2. The van der Waals surface area contributed by atoms with Crippen molar-refractivity contribution in [2.75, 3.05) is 18.9 Å². The van der Waals surface area contributed by atoms with Crippen LogP contribution in [-0.2, 0) is 0 Å². The van der Waals surface area contributed by atoms with E-state index in [9.17, 15) is 4.79 Å². The highest BCUT2D eigenvalue weighted by Crippen LogP contribution is 2.31. The second-order valence-corrected chi connectivity index (χ2v) is 6.65. The molecule has 1 aromatic heterocycles. The van der Waals surface area contributed by atoms with Gasteiger partial charge in [0.2, 0.25) is 0 Å². The van der Waals surface area contributed by atoms with Gasteiger partial charge in [-0.25, -0.2) is 0 Å². The lowest BCUT2D eigenvalue weighted by Gasteiger charge is -2.37. The van der Waals surface area contributed by atoms with Crippen LogP contribution in [0.1, 0.15) is 35.4 Å². The van der Waals surface area contributed by atoms with Gasteiger partial charge >= 0.3 is 0 Å². The van der Waals surface area contributed by atoms with Gasteiger partial charge in [-0.05, 0) is 55.3 Å². The summed E-state index contributed by atoms with van der Waals surface area (Å²) in [6.07, 6.45) is 3.99. The van der Waals surface area contributed by atoms with Crippen LogP contribution in [0.25, 0.3) is 10.1 Å². The molecule has 1 heterocycles. The predicted molar refractivity (Wildman–Crippen MR) is 86.6 cm³/mol. The van der Waals surface area contributed by atoms with E-state index >= 15 is 0 Å². The van der Waals surface area contributed by atoms with E-state index in [4.69, 9.17) is 10.8 Å². The molecule has 1 aliphatic carbocycles. The monoisotopic (exact) mass is 304 g/mol. The molecule has 4 nitrogen and oxygen atoms in total. The second kappa shape index (κ2) is 6.03. The largest absolute Gasteiger partial charge is 0.399 e. The van der Waals surface area contributed by atoms with E-state index in [2.05, 4.69) is 0 Å². The quantitative estimate of drug-likeness (QED) is 0.835. The van der Waals surface area contributed by atoms with E-state index < -0.39 is 0 Å². The fourth-order valence-electron chi connectivity index (χ4n) is 2.70. The van der Waals surface area contributed by atoms with Crippen molar-refractivity contribution in [3.8, 4) is 0 Å². The van der Waals surface area contributed by atoms with Gasteiger partial charge in [-0.2, -0.15) is 0 Å². The summed E-state index contributed by atoms with van der Waals surface area (Å²) in [5, 5.41) is 10.1. The molecule has 0 spiro atoms. The third-order valence-electron chi connectivity index (χ3n) is 4.08. The molecule has 112 valence electrons. The van der Waals surface area contributed by atoms with Crippen molar-refractivity contribution in [2.24, 2.45) is 0 Å². The molecule has 3 rings (SSSR count). The number of amides is 1. The lowest BCUT2D eigenvalue weighted by Crippen LogP contribution is -2.44. The Hall–Kier alpha value is -1.59. The van der Waals surface area contributed by atoms with Gasteiger partial charge in [0.1, 0.15) is 0 Å². The molecule has 1 aromatic carbocycles. The van der Waals surface area contributed by atoms with Gasteiger partial charge in [0.05, 0.1) is 4.88 Å². The zero-order chi connectivity index (χ0) is 14.8. The van der Waals surface area contributed by atoms with Gasteiger partial charge in [-0.3, -0.25) is 4.79 Å². The maximum absolute atomic E-state index is 12.8. The summed E-state index contributed by atoms with van der Waals surface area (Å²) >= 11 is 1.52. The highest BCUT2D eigenvalue weighted by atomic mass is 32.1. The number of nitrogens with zero attached hydrogens (tertiary/aromatic N) is 1. The van der Waals surface area contributed by atoms with Gasteiger partial charge in [0.25, 0.3) is 5.91 Å². The van der Waals surface area contributed by atoms with Gasteiger partial charge in [0, 0.05) is 29.6 Å². The molecule has 1 saturated carbocycles. The molecule has 21 heavy (non-hydrogen) atoms. The zero-order valence-electron chi connectivity index (χ0n) is 11.9. The summed E-state index contributed by atoms with van der Waals surface area (Å²) < 4.78 is 1.09. The normalized spacial score (nSPS) is 15.1. The van der Waals surface area contributed by atoms with Crippen molar-refractivity contribution in [3.05, 3.63) is 29.1 Å². The number of nitrogen functional groups attached to an aromatic ring is 1. The molecule has 0 radical (unpaired) electrons. The van der Waals surface area contributed by atoms with Crippen molar-refractivity contribution >= 4 is 33.0 Å². The fourth-order valence-corrected chi connectivity index (χ4v) is 3.70. The Labute approximate surface area is 128 Å². The molecule has 0 bridgehead atoms. The molecule has 3 N–H and O–H groups in total. The number of hydrogen-bond donors (Lipinski definition) is 2. The number of carbonyl (C=O) groups excluding carboxylic acids is 1. The van der Waals surface area contributed by atoms with E-state index in [1.54, 1.807) is 0 Å². The highest BCUT2D eigenvalue weighted by molar-refractivity contribution is 7.20. The fraction of sp³-hybridized carbons (Fsp3) is 0.438. The van der Waals surface area contributed by atoms with Crippen molar-refractivity contribution in [1.82, 2.24) is 4.90 Å². The number of carbonyl (C=O) groups is 1. The predicted octanol–water partition coefficient (Wildman–Crippen LogP) is 2.86. The third kappa shape index (κ3) is 2.89. The highest BCUT2D eigenvalue weighted by Gasteiger charge is 2.29. The van der Waals surface area contributed by atoms with Crippen molar-refractivity contribution in [2.45, 2.75) is 31.7 Å². The first-order valence-electron chi connectivity index (χ1n) is 7.40. The molecule has 1 aliphatic rings. The van der Waals surface area contributed by atoms with E-state index in [1.807, 2.05) is 29.2 Å². The molecule has 1 fully saturated rings. The zero-order valence-corrected chi connectivity index (χ0v) is 12.7. The molecule has 1 amide bonds. The van der Waals surface area contributed by atoms with Gasteiger partial charge in [-0.1, -0.05) is 0 Å². The van der Waals surface area contributed by atoms with E-state index in [1.165, 1.54) is 17.8 Å². The second-order valence-electron chi connectivity index (χ2n) is 5.57. The number of anilines is 1. The lowest BCUT2D eigenvalue weighted by molar-refractivity contribution is 0.0567. The van der Waals surface area contributed by atoms with Crippen LogP contribution in [0.15, 0.2) is 24.3 Å². The maximum atomic E-state index is 12.8. The first-order valence-corrected chi connectivity index (χ1v) is 8.21. The van der Waals surface area contributed by atoms with Crippen LogP contribution in [0.3, 0.4) is 0 Å². The van der Waals surface area contributed by atoms with E-state index in [-0.39, 0.29) is 12.5 Å². The Bertz CT molecular complexity index is 649. The van der Waals surface area contributed by atoms with Crippen LogP contribution in [0.5, 0.6) is 0 Å². The average molecular weight is 304 g/mol. The molecular formula is C16H20N2O2S. The first kappa shape index (κ1) is 14.4. The Balaban J connectivity index is 1.85. The Morgan fingerprint density at radius 1 is 1.38 bits per heavy atom. The molecule has 0 saturated heterocycles. The van der Waals surface area contributed by atoms with Gasteiger partial charge in [0.15, 0.2) is 0 Å². The number of thiophene rings is 1. The van der Waals surface area contributed by atoms with Crippen LogP contribution in [0.4, 0.5) is 5.69 Å². The first-order chi connectivity index (χ1) is 10.2. The number of hydrogen-bond acceptors (Lipinski definition) is 4. The maximum Gasteiger partial charge on any atom is 0.264 e. The van der Waals surface area contributed by atoms with E-state index in [0.29, 0.717) is 19.0 Å². The number of rotatable bonds is 5. The number of aliphatic hydroxyl groups is 1. The number of aliphatic hydroxyl groups excluding tert-OH is 1. The average Bonchev–Trinajstić information content (AvgIpc) is 2.83. The third-order valence-corrected chi connectivity index (χ3v) is 5.19. The SMILES string of the molecule is Nc1ccc2sc(C(=O)N(CCCO)C3CCC3)cc2c1. The summed E-state index contributed by atoms with van der Waals surface area (Å²) in [6.45, 7) is 0.760. The summed E-state index contributed by atoms with van der Waals surface area (Å²) in [4.78, 5) is 15.5. The Morgan fingerprint density at radius 2 is 2.19 bits per heavy atom. The van der Waals surface area contributed by atoms with Crippen molar-refractivity contribution in [3.63, 3.8) is 0 Å². The minimum atomic E-state index is 0.0907. The summed E-state index contributed by atoms with van der Waals surface area (Å²) in [6, 6.07) is 8.02. The summed E-state index contributed by atoms with van der Waals surface area (Å²) in [5.41, 5.74) is 6.51. The van der Waals surface area contributed by atoms with Gasteiger partial charge in [-0.15, -0.1) is 11.3 Å². The number of benzene rings is 1. The van der Waals surface area contributed by atoms with E-state index in [0.717, 1.165) is 33.5 Å². The molecule has 0 aliphatic heterocycles. The molecule has 0 unspecified atom stereocenters. The topological polar surface area (TPSA) is 66.6 Å². The summed E-state index contributed by atoms with van der Waals surface area (Å²) in [5.74, 6) is 0.0907. The minimum absolute atomic E-state index is 0.0907. The molecule has 2 aromatic rings. The summed E-state index contributed by atoms with van der Waals surface area (Å²) in [7, 11) is 0. The smallest absolute Gasteiger partial charge is 0.264 e.